The van der Waals surface area contributed by atoms with E-state index in [1.165, 1.54) is 19.2 Å². The van der Waals surface area contributed by atoms with Crippen LogP contribution < -0.4 is 4.89 Å². The summed E-state index contributed by atoms with van der Waals surface area (Å²) >= 11 is 0.919. The van der Waals surface area contributed by atoms with Gasteiger partial charge >= 0.3 is 0 Å². The highest BCUT2D eigenvalue weighted by Gasteiger charge is 2.23. The third-order valence-electron chi connectivity index (χ3n) is 2.55. The van der Waals surface area contributed by atoms with Crippen molar-refractivity contribution in [2.24, 2.45) is 0 Å². The van der Waals surface area contributed by atoms with Gasteiger partial charge < -0.3 is 9.64 Å². The molecule has 1 aliphatic heterocycles. The van der Waals surface area contributed by atoms with Gasteiger partial charge in [0.05, 0.1) is 25.2 Å². The van der Waals surface area contributed by atoms with E-state index in [1.807, 2.05) is 4.89 Å². The third-order valence-corrected chi connectivity index (χ3v) is 5.38. The van der Waals surface area contributed by atoms with Gasteiger partial charge in [-0.05, 0) is 12.1 Å². The zero-order valence-corrected chi connectivity index (χ0v) is 11.9. The summed E-state index contributed by atoms with van der Waals surface area (Å²) in [4.78, 5) is 20.5. The molecular weight excluding hydrogens is 292 g/mol. The number of carbonyl (C=O) groups excluding carboxylic acids is 1. The molecule has 1 saturated heterocycles. The summed E-state index contributed by atoms with van der Waals surface area (Å²) < 4.78 is 28.6. The summed E-state index contributed by atoms with van der Waals surface area (Å²) in [5, 5.41) is 0. The van der Waals surface area contributed by atoms with Gasteiger partial charge in [0.2, 0.25) is 0 Å². The van der Waals surface area contributed by atoms with Crippen LogP contribution in [0.5, 0.6) is 0 Å². The van der Waals surface area contributed by atoms with E-state index in [1.54, 1.807) is 4.90 Å². The van der Waals surface area contributed by atoms with Crippen molar-refractivity contribution in [1.29, 1.82) is 0 Å². The van der Waals surface area contributed by atoms with E-state index in [4.69, 9.17) is 4.74 Å². The van der Waals surface area contributed by atoms with Crippen molar-refractivity contribution < 1.29 is 22.8 Å². The van der Waals surface area contributed by atoms with Gasteiger partial charge in [0, 0.05) is 13.1 Å². The van der Waals surface area contributed by atoms with Crippen molar-refractivity contribution >= 4 is 27.3 Å². The largest absolute Gasteiger partial charge is 0.378 e. The summed E-state index contributed by atoms with van der Waals surface area (Å²) in [5.41, 5.74) is 0. The molecule has 7 nitrogen and oxygen atoms in total. The number of carbonyl (C=O) groups is 1. The van der Waals surface area contributed by atoms with E-state index in [9.17, 15) is 13.2 Å². The van der Waals surface area contributed by atoms with Crippen LogP contribution in [0.1, 0.15) is 9.67 Å². The zero-order chi connectivity index (χ0) is 13.9. The van der Waals surface area contributed by atoms with Crippen molar-refractivity contribution in [1.82, 2.24) is 9.79 Å². The van der Waals surface area contributed by atoms with Crippen LogP contribution in [0.15, 0.2) is 16.3 Å². The standard InChI is InChI=1S/C10H14N2O5S2/c1-16-11-19(14,15)9-3-2-8(18-9)10(13)12-4-6-17-7-5-12/h2-3,11H,4-7H2,1H3. The Morgan fingerprint density at radius 2 is 2.11 bits per heavy atom. The smallest absolute Gasteiger partial charge is 0.271 e. The van der Waals surface area contributed by atoms with Crippen LogP contribution in [0.3, 0.4) is 0 Å². The second kappa shape index (κ2) is 5.97. The van der Waals surface area contributed by atoms with Crippen LogP contribution >= 0.6 is 11.3 Å². The first-order valence-electron chi connectivity index (χ1n) is 5.56. The number of nitrogens with one attached hydrogen (secondary N) is 1. The SMILES string of the molecule is CONS(=O)(=O)c1ccc(C(=O)N2CCOCC2)s1. The van der Waals surface area contributed by atoms with Gasteiger partial charge in [-0.3, -0.25) is 9.63 Å². The molecule has 0 aromatic carbocycles. The Kier molecular flexibility index (Phi) is 4.53. The molecule has 0 atom stereocenters. The number of thiophene rings is 1. The van der Waals surface area contributed by atoms with Crippen LogP contribution in [0.2, 0.25) is 0 Å². The Balaban J connectivity index is 2.14. The number of nitrogens with zero attached hydrogens (tertiary/aromatic N) is 1. The lowest BCUT2D eigenvalue weighted by Gasteiger charge is -2.26. The molecule has 9 heteroatoms. The molecule has 0 aliphatic carbocycles. The van der Waals surface area contributed by atoms with Gasteiger partial charge in [0.1, 0.15) is 4.21 Å². The number of ether oxygens (including phenoxy) is 1. The first-order chi connectivity index (χ1) is 9.04. The van der Waals surface area contributed by atoms with Gasteiger partial charge in [-0.2, -0.15) is 0 Å². The Bertz CT molecular complexity index is 548. The number of morpholine rings is 1. The minimum absolute atomic E-state index is 0.0472. The van der Waals surface area contributed by atoms with Gasteiger partial charge in [0.25, 0.3) is 15.9 Å². The molecule has 106 valence electrons. The summed E-state index contributed by atoms with van der Waals surface area (Å²) in [6.45, 7) is 2.06. The minimum Gasteiger partial charge on any atom is -0.378 e. The molecule has 0 bridgehead atoms. The van der Waals surface area contributed by atoms with E-state index in [0.717, 1.165) is 11.3 Å². The number of hydrogen-bond acceptors (Lipinski definition) is 6. The molecule has 1 aromatic heterocycles. The molecule has 1 amide bonds. The van der Waals surface area contributed by atoms with E-state index in [2.05, 4.69) is 4.84 Å². The molecule has 1 N–H and O–H groups in total. The molecular formula is C10H14N2O5S2. The average Bonchev–Trinajstić information content (AvgIpc) is 2.89. The summed E-state index contributed by atoms with van der Waals surface area (Å²) in [7, 11) is -2.49. The van der Waals surface area contributed by atoms with Crippen molar-refractivity contribution in [2.45, 2.75) is 4.21 Å². The average molecular weight is 306 g/mol. The Morgan fingerprint density at radius 3 is 2.74 bits per heavy atom. The maximum atomic E-state index is 12.1. The first-order valence-corrected chi connectivity index (χ1v) is 7.86. The van der Waals surface area contributed by atoms with Gasteiger partial charge in [-0.25, -0.2) is 8.42 Å². The van der Waals surface area contributed by atoms with Crippen molar-refractivity contribution in [3.8, 4) is 0 Å². The molecule has 19 heavy (non-hydrogen) atoms. The highest BCUT2D eigenvalue weighted by atomic mass is 32.2. The highest BCUT2D eigenvalue weighted by molar-refractivity contribution is 7.91. The molecule has 0 saturated carbocycles. The van der Waals surface area contributed by atoms with Gasteiger partial charge in [-0.15, -0.1) is 11.3 Å². The molecule has 0 radical (unpaired) electrons. The van der Waals surface area contributed by atoms with Gasteiger partial charge in [0.15, 0.2) is 0 Å². The molecule has 1 aliphatic rings. The fourth-order valence-corrected chi connectivity index (χ4v) is 3.72. The van der Waals surface area contributed by atoms with Crippen molar-refractivity contribution in [3.63, 3.8) is 0 Å². The van der Waals surface area contributed by atoms with Crippen LogP contribution in [0, 0.1) is 0 Å². The topological polar surface area (TPSA) is 84.9 Å². The van der Waals surface area contributed by atoms with E-state index < -0.39 is 10.0 Å². The third kappa shape index (κ3) is 3.31. The monoisotopic (exact) mass is 306 g/mol. The summed E-state index contributed by atoms with van der Waals surface area (Å²) in [5.74, 6) is -0.174. The van der Waals surface area contributed by atoms with Crippen molar-refractivity contribution in [3.05, 3.63) is 17.0 Å². The van der Waals surface area contributed by atoms with Gasteiger partial charge in [-0.1, -0.05) is 4.89 Å². The number of sulfonamides is 1. The molecule has 2 heterocycles. The lowest BCUT2D eigenvalue weighted by molar-refractivity contribution is 0.0306. The quantitative estimate of drug-likeness (QED) is 0.795. The highest BCUT2D eigenvalue weighted by Crippen LogP contribution is 2.23. The lowest BCUT2D eigenvalue weighted by atomic mass is 10.3. The molecule has 1 fully saturated rings. The number of hydrogen-bond donors (Lipinski definition) is 1. The second-order valence-corrected chi connectivity index (χ2v) is 6.77. The normalized spacial score (nSPS) is 16.6. The predicted molar refractivity (Wildman–Crippen MR) is 68.4 cm³/mol. The van der Waals surface area contributed by atoms with Crippen LogP contribution in [0.25, 0.3) is 0 Å². The Morgan fingerprint density at radius 1 is 1.42 bits per heavy atom. The van der Waals surface area contributed by atoms with Crippen molar-refractivity contribution in [2.75, 3.05) is 33.4 Å². The van der Waals surface area contributed by atoms with Crippen LogP contribution in [-0.4, -0.2) is 52.6 Å². The second-order valence-electron chi connectivity index (χ2n) is 3.81. The van der Waals surface area contributed by atoms with E-state index >= 15 is 0 Å². The Hall–Kier alpha value is -1.00. The maximum absolute atomic E-state index is 12.1. The summed E-state index contributed by atoms with van der Waals surface area (Å²) in [6, 6.07) is 2.90. The van der Waals surface area contributed by atoms with E-state index in [-0.39, 0.29) is 10.1 Å². The van der Waals surface area contributed by atoms with Crippen LogP contribution in [-0.2, 0) is 19.6 Å². The van der Waals surface area contributed by atoms with Crippen LogP contribution in [0.4, 0.5) is 0 Å². The fraction of sp³-hybridized carbons (Fsp3) is 0.500. The number of amides is 1. The number of rotatable bonds is 4. The van der Waals surface area contributed by atoms with E-state index in [0.29, 0.717) is 31.2 Å². The molecule has 0 unspecified atom stereocenters. The first kappa shape index (κ1) is 14.4. The summed E-state index contributed by atoms with van der Waals surface area (Å²) in [6.07, 6.45) is 0. The molecule has 1 aromatic rings. The molecule has 2 rings (SSSR count). The predicted octanol–water partition coefficient (Wildman–Crippen LogP) is 0.0602. The zero-order valence-electron chi connectivity index (χ0n) is 10.3. The fourth-order valence-electron chi connectivity index (χ4n) is 1.65. The lowest BCUT2D eigenvalue weighted by Crippen LogP contribution is -2.40. The maximum Gasteiger partial charge on any atom is 0.271 e. The molecule has 0 spiro atoms. The Labute approximate surface area is 115 Å². The minimum atomic E-state index is -3.70.